The molecule has 0 aliphatic carbocycles. The minimum absolute atomic E-state index is 0.0493. The Morgan fingerprint density at radius 2 is 2.56 bits per heavy atom. The predicted octanol–water partition coefficient (Wildman–Crippen LogP) is 2.07. The lowest BCUT2D eigenvalue weighted by Gasteiger charge is -2.31. The van der Waals surface area contributed by atoms with Crippen molar-refractivity contribution in [3.05, 3.63) is 17.5 Å². The lowest BCUT2D eigenvalue weighted by atomic mass is 10.00. The number of halogens is 1. The first-order chi connectivity index (χ1) is 8.74. The maximum atomic E-state index is 12.2. The minimum atomic E-state index is -0.0493. The van der Waals surface area contributed by atoms with Crippen molar-refractivity contribution in [1.29, 1.82) is 0 Å². The molecule has 1 saturated heterocycles. The maximum Gasteiger partial charge on any atom is 0.276 e. The number of nitrogens with zero attached hydrogens (tertiary/aromatic N) is 2. The summed E-state index contributed by atoms with van der Waals surface area (Å²) < 4.78 is 9.97. The van der Waals surface area contributed by atoms with Gasteiger partial charge in [-0.15, -0.1) is 0 Å². The third-order valence-electron chi connectivity index (χ3n) is 3.09. The molecule has 0 bridgehead atoms. The normalized spacial score (nSPS) is 20.1. The highest BCUT2D eigenvalue weighted by Crippen LogP contribution is 2.20. The van der Waals surface area contributed by atoms with Gasteiger partial charge >= 0.3 is 0 Å². The average molecular weight is 317 g/mol. The summed E-state index contributed by atoms with van der Waals surface area (Å²) in [5.41, 5.74) is 0.372. The van der Waals surface area contributed by atoms with Gasteiger partial charge in [-0.25, -0.2) is 0 Å². The zero-order valence-electron chi connectivity index (χ0n) is 10.4. The molecule has 0 saturated carbocycles. The molecule has 1 aliphatic heterocycles. The number of rotatable bonds is 4. The Labute approximate surface area is 115 Å². The SMILES string of the molecule is COCc1cc(C(=O)N2CCCC(CBr)C2)no1. The van der Waals surface area contributed by atoms with E-state index in [9.17, 15) is 4.79 Å². The molecule has 5 nitrogen and oxygen atoms in total. The molecule has 1 aromatic rings. The molecule has 100 valence electrons. The average Bonchev–Trinajstić information content (AvgIpc) is 2.87. The molecule has 0 aromatic carbocycles. The van der Waals surface area contributed by atoms with E-state index in [4.69, 9.17) is 9.26 Å². The molecule has 0 N–H and O–H groups in total. The van der Waals surface area contributed by atoms with Crippen LogP contribution in [-0.4, -0.2) is 41.5 Å². The van der Waals surface area contributed by atoms with Gasteiger partial charge in [-0.2, -0.15) is 0 Å². The second-order valence-electron chi connectivity index (χ2n) is 4.53. The molecule has 18 heavy (non-hydrogen) atoms. The van der Waals surface area contributed by atoms with Gasteiger partial charge in [0.2, 0.25) is 0 Å². The lowest BCUT2D eigenvalue weighted by Crippen LogP contribution is -2.40. The van der Waals surface area contributed by atoms with Crippen LogP contribution in [0.25, 0.3) is 0 Å². The molecule has 1 atom stereocenters. The van der Waals surface area contributed by atoms with Gasteiger partial charge in [-0.1, -0.05) is 21.1 Å². The summed E-state index contributed by atoms with van der Waals surface area (Å²) in [5, 5.41) is 4.74. The van der Waals surface area contributed by atoms with Crippen molar-refractivity contribution in [2.75, 3.05) is 25.5 Å². The predicted molar refractivity (Wildman–Crippen MR) is 69.6 cm³/mol. The van der Waals surface area contributed by atoms with Crippen LogP contribution in [0, 0.1) is 5.92 Å². The second kappa shape index (κ2) is 6.33. The van der Waals surface area contributed by atoms with Gasteiger partial charge in [0, 0.05) is 31.6 Å². The summed E-state index contributed by atoms with van der Waals surface area (Å²) in [7, 11) is 1.58. The number of aromatic nitrogens is 1. The van der Waals surface area contributed by atoms with E-state index in [1.807, 2.05) is 4.90 Å². The Morgan fingerprint density at radius 1 is 1.72 bits per heavy atom. The highest BCUT2D eigenvalue weighted by Gasteiger charge is 2.25. The number of hydrogen-bond acceptors (Lipinski definition) is 4. The van der Waals surface area contributed by atoms with Crippen LogP contribution in [0.3, 0.4) is 0 Å². The number of likely N-dealkylation sites (tertiary alicyclic amines) is 1. The number of hydrogen-bond donors (Lipinski definition) is 0. The largest absolute Gasteiger partial charge is 0.377 e. The van der Waals surface area contributed by atoms with Gasteiger partial charge in [0.05, 0.1) is 0 Å². The van der Waals surface area contributed by atoms with Crippen LogP contribution < -0.4 is 0 Å². The van der Waals surface area contributed by atoms with E-state index in [-0.39, 0.29) is 5.91 Å². The number of amides is 1. The van der Waals surface area contributed by atoms with E-state index in [0.29, 0.717) is 24.0 Å². The van der Waals surface area contributed by atoms with Gasteiger partial charge in [-0.3, -0.25) is 4.79 Å². The second-order valence-corrected chi connectivity index (χ2v) is 5.17. The van der Waals surface area contributed by atoms with E-state index in [1.54, 1.807) is 13.2 Å². The van der Waals surface area contributed by atoms with Crippen LogP contribution in [0.5, 0.6) is 0 Å². The summed E-state index contributed by atoms with van der Waals surface area (Å²) in [6, 6.07) is 1.66. The topological polar surface area (TPSA) is 55.6 Å². The molecule has 0 radical (unpaired) electrons. The quantitative estimate of drug-likeness (QED) is 0.798. The maximum absolute atomic E-state index is 12.2. The molecule has 1 aliphatic rings. The standard InChI is InChI=1S/C12H17BrN2O3/c1-17-8-10-5-11(14-18-10)12(16)15-4-2-3-9(6-13)7-15/h5,9H,2-4,6-8H2,1H3. The molecular formula is C12H17BrN2O3. The molecule has 6 heteroatoms. The fourth-order valence-corrected chi connectivity index (χ4v) is 2.69. The summed E-state index contributed by atoms with van der Waals surface area (Å²) in [4.78, 5) is 14.1. The Hall–Kier alpha value is -0.880. The number of alkyl halides is 1. The van der Waals surface area contributed by atoms with Crippen LogP contribution in [0.1, 0.15) is 29.1 Å². The Bertz CT molecular complexity index is 408. The van der Waals surface area contributed by atoms with Crippen LogP contribution in [-0.2, 0) is 11.3 Å². The summed E-state index contributed by atoms with van der Waals surface area (Å²) >= 11 is 3.48. The van der Waals surface area contributed by atoms with Crippen LogP contribution in [0.4, 0.5) is 0 Å². The van der Waals surface area contributed by atoms with Crippen LogP contribution in [0.2, 0.25) is 0 Å². The highest BCUT2D eigenvalue weighted by atomic mass is 79.9. The van der Waals surface area contributed by atoms with Crippen molar-refractivity contribution in [2.45, 2.75) is 19.4 Å². The molecule has 1 aromatic heterocycles. The fraction of sp³-hybridized carbons (Fsp3) is 0.667. The van der Waals surface area contributed by atoms with Crippen molar-refractivity contribution in [3.8, 4) is 0 Å². The molecule has 1 unspecified atom stereocenters. The van der Waals surface area contributed by atoms with Crippen molar-refractivity contribution in [1.82, 2.24) is 10.1 Å². The zero-order valence-corrected chi connectivity index (χ0v) is 12.0. The third-order valence-corrected chi connectivity index (χ3v) is 4.00. The number of carbonyl (C=O) groups is 1. The monoisotopic (exact) mass is 316 g/mol. The smallest absolute Gasteiger partial charge is 0.276 e. The van der Waals surface area contributed by atoms with Crippen LogP contribution >= 0.6 is 15.9 Å². The number of carbonyl (C=O) groups excluding carboxylic acids is 1. The molecule has 0 spiro atoms. The van der Waals surface area contributed by atoms with Gasteiger partial charge in [0.25, 0.3) is 5.91 Å². The van der Waals surface area contributed by atoms with E-state index in [1.165, 1.54) is 6.42 Å². The van der Waals surface area contributed by atoms with E-state index >= 15 is 0 Å². The van der Waals surface area contributed by atoms with Gasteiger partial charge in [-0.05, 0) is 18.8 Å². The minimum Gasteiger partial charge on any atom is -0.377 e. The van der Waals surface area contributed by atoms with E-state index in [2.05, 4.69) is 21.1 Å². The summed E-state index contributed by atoms with van der Waals surface area (Å²) in [5.74, 6) is 1.06. The first kappa shape index (κ1) is 13.5. The molecule has 2 heterocycles. The summed E-state index contributed by atoms with van der Waals surface area (Å²) in [6.45, 7) is 1.93. The number of piperidine rings is 1. The zero-order chi connectivity index (χ0) is 13.0. The number of methoxy groups -OCH3 is 1. The van der Waals surface area contributed by atoms with Gasteiger partial charge in [0.1, 0.15) is 6.61 Å². The van der Waals surface area contributed by atoms with Crippen molar-refractivity contribution >= 4 is 21.8 Å². The molecule has 2 rings (SSSR count). The fourth-order valence-electron chi connectivity index (χ4n) is 2.16. The Morgan fingerprint density at radius 3 is 3.28 bits per heavy atom. The Kier molecular flexibility index (Phi) is 4.77. The lowest BCUT2D eigenvalue weighted by molar-refractivity contribution is 0.0675. The van der Waals surface area contributed by atoms with E-state index in [0.717, 1.165) is 24.8 Å². The molecule has 1 fully saturated rings. The van der Waals surface area contributed by atoms with Gasteiger partial charge in [0.15, 0.2) is 11.5 Å². The summed E-state index contributed by atoms with van der Waals surface area (Å²) in [6.07, 6.45) is 2.22. The molecular weight excluding hydrogens is 300 g/mol. The van der Waals surface area contributed by atoms with Crippen LogP contribution in [0.15, 0.2) is 10.6 Å². The third kappa shape index (κ3) is 3.11. The number of ether oxygens (including phenoxy) is 1. The molecule has 1 amide bonds. The highest BCUT2D eigenvalue weighted by molar-refractivity contribution is 9.09. The first-order valence-corrected chi connectivity index (χ1v) is 7.16. The van der Waals surface area contributed by atoms with Crippen molar-refractivity contribution < 1.29 is 14.1 Å². The van der Waals surface area contributed by atoms with Crippen molar-refractivity contribution in [2.24, 2.45) is 5.92 Å². The first-order valence-electron chi connectivity index (χ1n) is 6.04. The Balaban J connectivity index is 2.00. The van der Waals surface area contributed by atoms with E-state index < -0.39 is 0 Å². The van der Waals surface area contributed by atoms with Crippen molar-refractivity contribution in [3.63, 3.8) is 0 Å². The van der Waals surface area contributed by atoms with Gasteiger partial charge < -0.3 is 14.2 Å².